The van der Waals surface area contributed by atoms with Crippen molar-refractivity contribution in [2.45, 2.75) is 201 Å². The first-order chi connectivity index (χ1) is 53.9. The van der Waals surface area contributed by atoms with Gasteiger partial charge in [-0.3, -0.25) is 0 Å². The van der Waals surface area contributed by atoms with Gasteiger partial charge in [-0.15, -0.1) is 0 Å². The van der Waals surface area contributed by atoms with Crippen LogP contribution in [0.25, 0.3) is 133 Å². The third-order valence-electron chi connectivity index (χ3n) is 22.3. The molecule has 4 aromatic carbocycles. The summed E-state index contributed by atoms with van der Waals surface area (Å²) in [5, 5.41) is 8.62. The van der Waals surface area contributed by atoms with Crippen LogP contribution in [-0.4, -0.2) is 19.9 Å². The highest BCUT2D eigenvalue weighted by atomic mass is 16.4. The van der Waals surface area contributed by atoms with Crippen molar-refractivity contribution < 1.29 is 41.4 Å². The summed E-state index contributed by atoms with van der Waals surface area (Å²) < 4.78 is 65.8. The molecule has 564 valence electrons. The van der Waals surface area contributed by atoms with Gasteiger partial charge in [-0.2, -0.15) is 0 Å². The van der Waals surface area contributed by atoms with Crippen LogP contribution in [0.15, 0.2) is 164 Å². The lowest BCUT2D eigenvalue weighted by molar-refractivity contribution is -0.661. The molecule has 12 aromatic heterocycles. The van der Waals surface area contributed by atoms with E-state index in [1.54, 1.807) is 6.20 Å². The predicted octanol–water partition coefficient (Wildman–Crippen LogP) is 24.2. The summed E-state index contributed by atoms with van der Waals surface area (Å²) in [6, 6.07) is 42.8. The molecule has 110 heavy (non-hydrogen) atoms. The van der Waals surface area contributed by atoms with E-state index in [1.807, 2.05) is 37.6 Å². The zero-order valence-electron chi connectivity index (χ0n) is 73.4. The van der Waals surface area contributed by atoms with E-state index in [2.05, 4.69) is 292 Å². The topological polar surface area (TPSA) is 120 Å². The molecule has 0 saturated heterocycles. The fourth-order valence-corrected chi connectivity index (χ4v) is 16.0. The quantitative estimate of drug-likeness (QED) is 0.111. The molecular weight excluding hydrogens is 1350 g/mol. The van der Waals surface area contributed by atoms with Crippen LogP contribution in [0.2, 0.25) is 0 Å². The highest BCUT2D eigenvalue weighted by Gasteiger charge is 2.29. The smallest absolute Gasteiger partial charge is 0.227 e. The molecule has 0 aliphatic rings. The van der Waals surface area contributed by atoms with E-state index in [0.717, 1.165) is 157 Å². The Morgan fingerprint density at radius 3 is 0.809 bits per heavy atom. The van der Waals surface area contributed by atoms with E-state index in [9.17, 15) is 0 Å². The van der Waals surface area contributed by atoms with Gasteiger partial charge in [0.25, 0.3) is 0 Å². The number of benzene rings is 4. The van der Waals surface area contributed by atoms with Crippen molar-refractivity contribution >= 4 is 88.3 Å². The second kappa shape index (κ2) is 31.0. The van der Waals surface area contributed by atoms with Crippen LogP contribution in [0.1, 0.15) is 227 Å². The molecule has 16 aromatic rings. The summed E-state index contributed by atoms with van der Waals surface area (Å²) in [5.41, 5.74) is 33.4. The first kappa shape index (κ1) is 72.2. The largest absolute Gasteiger partial charge is 0.437 e. The monoisotopic (exact) mass is 1470 g/mol. The Morgan fingerprint density at radius 1 is 0.309 bits per heavy atom. The average Bonchev–Trinajstić information content (AvgIpc) is 1.63. The molecule has 12 heterocycles. The third-order valence-corrected chi connectivity index (χ3v) is 22.3. The van der Waals surface area contributed by atoms with Crippen LogP contribution in [0.3, 0.4) is 0 Å². The Hall–Kier alpha value is -10.7. The van der Waals surface area contributed by atoms with E-state index < -0.39 is 12.7 Å². The average molecular weight is 1470 g/mol. The maximum atomic E-state index is 8.51. The molecule has 16 rings (SSSR count). The first-order valence-electron chi connectivity index (χ1n) is 41.2. The molecule has 0 aliphatic carbocycles. The lowest BCUT2D eigenvalue weighted by Gasteiger charge is -2.11. The van der Waals surface area contributed by atoms with Crippen LogP contribution in [0.4, 0.5) is 0 Å². The zero-order chi connectivity index (χ0) is 82.3. The number of hydrogen-bond acceptors (Lipinski definition) is 8. The zero-order valence-corrected chi connectivity index (χ0v) is 69.4. The summed E-state index contributed by atoms with van der Waals surface area (Å²) in [7, 11) is 8.24. The lowest BCUT2D eigenvalue weighted by Crippen LogP contribution is -2.32. The Balaban J connectivity index is 0.000000133. The molecule has 0 N–H and O–H groups in total. The number of nitrogens with zero attached hydrogens (tertiary/aromatic N) is 8. The molecule has 0 saturated carbocycles. The van der Waals surface area contributed by atoms with Gasteiger partial charge in [-0.25, -0.2) is 38.2 Å². The van der Waals surface area contributed by atoms with E-state index in [1.165, 1.54) is 74.1 Å². The first-order valence-corrected chi connectivity index (χ1v) is 39.2. The highest BCUT2D eigenvalue weighted by molar-refractivity contribution is 6.12. The van der Waals surface area contributed by atoms with Crippen molar-refractivity contribution in [1.29, 1.82) is 0 Å². The molecule has 1 unspecified atom stereocenters. The van der Waals surface area contributed by atoms with Gasteiger partial charge in [0.05, 0.1) is 22.3 Å². The van der Waals surface area contributed by atoms with Crippen LogP contribution in [-0.2, 0) is 41.0 Å². The van der Waals surface area contributed by atoms with Crippen molar-refractivity contribution in [3.05, 3.63) is 236 Å². The van der Waals surface area contributed by atoms with Crippen molar-refractivity contribution in [2.75, 3.05) is 0 Å². The second-order valence-electron chi connectivity index (χ2n) is 32.1. The number of aromatic nitrogens is 8. The summed E-state index contributed by atoms with van der Waals surface area (Å²) in [6.45, 7) is 42.2. The minimum atomic E-state index is -2.43. The van der Waals surface area contributed by atoms with Gasteiger partial charge in [-0.1, -0.05) is 145 Å². The SMILES string of the molecule is CCc1ccc2c(n1)oc1c(-c3cc(C)c(C(C)C)c[n+]3C)c(C)ccc12.Cc1cc(-c2c(C)ccc3c2oc2nc(C(C)C)ccc23)[n+](C)cc1C(C)C.Cc1cc(-c2c(C)ccc3c2oc2nc(C(C)C)ccc23)[n+](C)cc1C(C)C.[2H]C([2H])([2H])C([2H])(C)c1c[n+](C)c(-c2c(C)ccc3c2oc2nc(CC)ccc23)cc1C. The van der Waals surface area contributed by atoms with Gasteiger partial charge in [0, 0.05) is 118 Å². The minimum Gasteiger partial charge on any atom is -0.437 e. The maximum absolute atomic E-state index is 8.51. The van der Waals surface area contributed by atoms with Crippen LogP contribution < -0.4 is 18.3 Å². The number of hydrogen-bond donors (Lipinski definition) is 0. The Kier molecular flexibility index (Phi) is 20.3. The Bertz CT molecular complexity index is 6250. The third kappa shape index (κ3) is 14.5. The second-order valence-corrected chi connectivity index (χ2v) is 32.1. The van der Waals surface area contributed by atoms with Gasteiger partial charge in [0.2, 0.25) is 45.6 Å². The molecule has 0 spiro atoms. The number of rotatable bonds is 12. The molecule has 0 fully saturated rings. The van der Waals surface area contributed by atoms with Gasteiger partial charge in [0.1, 0.15) is 28.2 Å². The van der Waals surface area contributed by atoms with Crippen molar-refractivity contribution in [3.63, 3.8) is 0 Å². The number of fused-ring (bicyclic) bond motifs is 12. The van der Waals surface area contributed by atoms with E-state index in [4.69, 9.17) is 38.1 Å². The van der Waals surface area contributed by atoms with Crippen LogP contribution in [0, 0.1) is 55.4 Å². The molecule has 0 amide bonds. The standard InChI is InChI=1S/2C25H29N2O.2C24H27N2O/c2*1-14(2)20-13-27(7)22(12-17(20)6)23-16(5)8-9-18-19-10-11-21(15(3)4)26-25(19)28-24(18)23;2*1-7-17-9-11-19-18-10-8-15(4)22(23(18)27-24(19)25-17)21-12-16(5)20(14(2)3)13-26(21)6/h2*8-15H,1-7H3;2*8-14H,7H2,1-6H3/q4*+1/i;;2D3,14D;. The summed E-state index contributed by atoms with van der Waals surface area (Å²) in [6.07, 6.45) is 10.3. The number of pyridine rings is 8. The molecule has 0 aliphatic heterocycles. The molecule has 1 atom stereocenters. The summed E-state index contributed by atoms with van der Waals surface area (Å²) in [4.78, 5) is 18.9. The van der Waals surface area contributed by atoms with Gasteiger partial charge >= 0.3 is 0 Å². The van der Waals surface area contributed by atoms with E-state index >= 15 is 0 Å². The minimum absolute atomic E-state index is 0.378. The van der Waals surface area contributed by atoms with Crippen molar-refractivity contribution in [2.24, 2.45) is 28.2 Å². The van der Waals surface area contributed by atoms with Gasteiger partial charge in [-0.05, 0) is 197 Å². The number of furan rings is 4. The summed E-state index contributed by atoms with van der Waals surface area (Å²) >= 11 is 0. The van der Waals surface area contributed by atoms with E-state index in [0.29, 0.717) is 40.9 Å². The molecule has 12 heteroatoms. The molecule has 12 nitrogen and oxygen atoms in total. The Morgan fingerprint density at radius 2 is 0.555 bits per heavy atom. The maximum Gasteiger partial charge on any atom is 0.227 e. The van der Waals surface area contributed by atoms with E-state index in [-0.39, 0.29) is 0 Å². The normalized spacial score (nSPS) is 13.1. The summed E-state index contributed by atoms with van der Waals surface area (Å²) in [5.74, 6) is 0.563. The lowest BCUT2D eigenvalue weighted by atomic mass is 9.95. The highest BCUT2D eigenvalue weighted by Crippen LogP contribution is 2.43. The van der Waals surface area contributed by atoms with Gasteiger partial charge in [0.15, 0.2) is 47.1 Å². The van der Waals surface area contributed by atoms with Crippen LogP contribution >= 0.6 is 0 Å². The molecule has 0 radical (unpaired) electrons. The van der Waals surface area contributed by atoms with Crippen molar-refractivity contribution in [1.82, 2.24) is 19.9 Å². The van der Waals surface area contributed by atoms with Crippen LogP contribution in [0.5, 0.6) is 0 Å². The predicted molar refractivity (Wildman–Crippen MR) is 454 cm³/mol. The Labute approximate surface area is 655 Å². The van der Waals surface area contributed by atoms with Crippen molar-refractivity contribution in [3.8, 4) is 45.0 Å². The molecule has 0 bridgehead atoms. The number of aryl methyl sites for hydroxylation is 14. The fourth-order valence-electron chi connectivity index (χ4n) is 16.0. The van der Waals surface area contributed by atoms with Gasteiger partial charge < -0.3 is 17.7 Å². The molecular formula is C98H112N8O4+4. The fraction of sp³-hybridized carbons (Fsp3) is 0.347.